The van der Waals surface area contributed by atoms with E-state index in [1.807, 2.05) is 6.92 Å². The van der Waals surface area contributed by atoms with Crippen molar-refractivity contribution in [2.45, 2.75) is 19.4 Å². The van der Waals surface area contributed by atoms with Crippen LogP contribution in [0.3, 0.4) is 0 Å². The molecule has 1 atom stereocenters. The van der Waals surface area contributed by atoms with Crippen molar-refractivity contribution in [2.75, 3.05) is 13.7 Å². The Hall–Kier alpha value is -0.540. The van der Waals surface area contributed by atoms with E-state index in [9.17, 15) is 4.79 Å². The van der Waals surface area contributed by atoms with Gasteiger partial charge in [0.25, 0.3) is 0 Å². The second-order valence-electron chi connectivity index (χ2n) is 2.53. The molecule has 0 aliphatic carbocycles. The standard InChI is InChI=1S/C8H14ClNO2/c1-4-8(11)12-6-5-7(2)10(3)9/h4,7H,1,5-6H2,2-3H3. The number of carbonyl (C=O) groups is 1. The van der Waals surface area contributed by atoms with E-state index in [4.69, 9.17) is 16.5 Å². The van der Waals surface area contributed by atoms with E-state index in [0.29, 0.717) is 6.61 Å². The summed E-state index contributed by atoms with van der Waals surface area (Å²) in [5, 5.41) is 0. The predicted molar refractivity (Wildman–Crippen MR) is 48.9 cm³/mol. The molecule has 0 saturated carbocycles. The summed E-state index contributed by atoms with van der Waals surface area (Å²) in [6.45, 7) is 5.61. The molecule has 0 aliphatic rings. The normalized spacial score (nSPS) is 12.7. The Kier molecular flexibility index (Phi) is 5.76. The summed E-state index contributed by atoms with van der Waals surface area (Å²) < 4.78 is 6.33. The van der Waals surface area contributed by atoms with Crippen molar-refractivity contribution in [1.29, 1.82) is 0 Å². The van der Waals surface area contributed by atoms with Crippen molar-refractivity contribution in [3.63, 3.8) is 0 Å². The molecule has 0 bridgehead atoms. The fourth-order valence-corrected chi connectivity index (χ4v) is 0.664. The molecule has 0 fully saturated rings. The van der Waals surface area contributed by atoms with Gasteiger partial charge in [-0.25, -0.2) is 9.21 Å². The van der Waals surface area contributed by atoms with Crippen molar-refractivity contribution in [3.8, 4) is 0 Å². The largest absolute Gasteiger partial charge is 0.462 e. The van der Waals surface area contributed by atoms with Gasteiger partial charge >= 0.3 is 5.97 Å². The van der Waals surface area contributed by atoms with Crippen LogP contribution in [-0.4, -0.2) is 30.1 Å². The second-order valence-corrected chi connectivity index (χ2v) is 3.07. The van der Waals surface area contributed by atoms with Gasteiger partial charge in [-0.3, -0.25) is 0 Å². The Morgan fingerprint density at radius 1 is 1.83 bits per heavy atom. The van der Waals surface area contributed by atoms with Gasteiger partial charge in [0.1, 0.15) is 0 Å². The molecule has 0 aliphatic heterocycles. The maximum absolute atomic E-state index is 10.6. The Morgan fingerprint density at radius 2 is 2.42 bits per heavy atom. The first kappa shape index (κ1) is 11.5. The van der Waals surface area contributed by atoms with E-state index in [1.54, 1.807) is 11.5 Å². The fraction of sp³-hybridized carbons (Fsp3) is 0.625. The van der Waals surface area contributed by atoms with Gasteiger partial charge in [-0.2, -0.15) is 0 Å². The van der Waals surface area contributed by atoms with Gasteiger partial charge in [0.2, 0.25) is 0 Å². The lowest BCUT2D eigenvalue weighted by molar-refractivity contribution is -0.138. The Morgan fingerprint density at radius 3 is 2.83 bits per heavy atom. The van der Waals surface area contributed by atoms with Gasteiger partial charge < -0.3 is 4.74 Å². The van der Waals surface area contributed by atoms with Gasteiger partial charge in [0.05, 0.1) is 6.61 Å². The molecule has 0 aromatic rings. The lowest BCUT2D eigenvalue weighted by Crippen LogP contribution is -2.21. The van der Waals surface area contributed by atoms with Crippen LogP contribution in [0.25, 0.3) is 0 Å². The monoisotopic (exact) mass is 191 g/mol. The third kappa shape index (κ3) is 5.16. The Labute approximate surface area is 78.1 Å². The number of nitrogens with zero attached hydrogens (tertiary/aromatic N) is 1. The number of ether oxygens (including phenoxy) is 1. The molecule has 4 heteroatoms. The fourth-order valence-electron chi connectivity index (χ4n) is 0.567. The molecule has 0 spiro atoms. The maximum atomic E-state index is 10.6. The van der Waals surface area contributed by atoms with Crippen LogP contribution in [0.1, 0.15) is 13.3 Å². The summed E-state index contributed by atoms with van der Waals surface area (Å²) in [6, 6.07) is 0.198. The molecule has 0 aromatic carbocycles. The minimum atomic E-state index is -0.389. The van der Waals surface area contributed by atoms with E-state index in [2.05, 4.69) is 6.58 Å². The van der Waals surface area contributed by atoms with Gasteiger partial charge in [-0.15, -0.1) is 0 Å². The second kappa shape index (κ2) is 6.03. The van der Waals surface area contributed by atoms with Crippen molar-refractivity contribution >= 4 is 17.7 Å². The number of halogens is 1. The van der Waals surface area contributed by atoms with E-state index in [0.717, 1.165) is 12.5 Å². The highest BCUT2D eigenvalue weighted by Crippen LogP contribution is 2.03. The smallest absolute Gasteiger partial charge is 0.330 e. The molecule has 70 valence electrons. The Balaban J connectivity index is 3.43. The van der Waals surface area contributed by atoms with Crippen LogP contribution in [0.5, 0.6) is 0 Å². The average Bonchev–Trinajstić information content (AvgIpc) is 2.03. The zero-order valence-electron chi connectivity index (χ0n) is 7.42. The molecule has 3 nitrogen and oxygen atoms in total. The molecule has 12 heavy (non-hydrogen) atoms. The van der Waals surface area contributed by atoms with Crippen LogP contribution in [0.4, 0.5) is 0 Å². The lowest BCUT2D eigenvalue weighted by atomic mass is 10.2. The first-order valence-corrected chi connectivity index (χ1v) is 4.09. The van der Waals surface area contributed by atoms with Crippen LogP contribution in [0.15, 0.2) is 12.7 Å². The minimum absolute atomic E-state index is 0.198. The highest BCUT2D eigenvalue weighted by atomic mass is 35.5. The topological polar surface area (TPSA) is 29.5 Å². The first-order valence-electron chi connectivity index (χ1n) is 3.75. The third-order valence-corrected chi connectivity index (χ3v) is 1.89. The van der Waals surface area contributed by atoms with Crippen molar-refractivity contribution in [2.24, 2.45) is 0 Å². The number of carbonyl (C=O) groups excluding carboxylic acids is 1. The summed E-state index contributed by atoms with van der Waals surface area (Å²) in [6.07, 6.45) is 1.87. The lowest BCUT2D eigenvalue weighted by Gasteiger charge is -2.15. The van der Waals surface area contributed by atoms with Gasteiger partial charge in [0, 0.05) is 19.2 Å². The number of hydrogen-bond donors (Lipinski definition) is 0. The zero-order valence-corrected chi connectivity index (χ0v) is 8.17. The van der Waals surface area contributed by atoms with E-state index in [-0.39, 0.29) is 12.0 Å². The number of esters is 1. The minimum Gasteiger partial charge on any atom is -0.462 e. The molecule has 0 rings (SSSR count). The summed E-state index contributed by atoms with van der Waals surface area (Å²) in [5.74, 6) is -0.389. The number of rotatable bonds is 5. The molecule has 1 unspecified atom stereocenters. The van der Waals surface area contributed by atoms with E-state index in [1.165, 1.54) is 0 Å². The van der Waals surface area contributed by atoms with Crippen LogP contribution in [-0.2, 0) is 9.53 Å². The van der Waals surface area contributed by atoms with E-state index < -0.39 is 0 Å². The van der Waals surface area contributed by atoms with Crippen molar-refractivity contribution in [1.82, 2.24) is 4.42 Å². The van der Waals surface area contributed by atoms with Crippen molar-refractivity contribution in [3.05, 3.63) is 12.7 Å². The SMILES string of the molecule is C=CC(=O)OCCC(C)N(C)Cl. The highest BCUT2D eigenvalue weighted by molar-refractivity contribution is 6.13. The molecule has 0 N–H and O–H groups in total. The molecule has 0 amide bonds. The van der Waals surface area contributed by atoms with Crippen molar-refractivity contribution < 1.29 is 9.53 Å². The molecule has 0 heterocycles. The van der Waals surface area contributed by atoms with Gasteiger partial charge in [0.15, 0.2) is 0 Å². The van der Waals surface area contributed by atoms with Gasteiger partial charge in [-0.1, -0.05) is 6.58 Å². The third-order valence-electron chi connectivity index (χ3n) is 1.55. The summed E-state index contributed by atoms with van der Waals surface area (Å²) in [4.78, 5) is 10.6. The number of hydrogen-bond acceptors (Lipinski definition) is 3. The quantitative estimate of drug-likeness (QED) is 0.376. The summed E-state index contributed by atoms with van der Waals surface area (Å²) >= 11 is 5.65. The first-order chi connectivity index (χ1) is 5.57. The van der Waals surface area contributed by atoms with E-state index >= 15 is 0 Å². The average molecular weight is 192 g/mol. The van der Waals surface area contributed by atoms with Crippen LogP contribution < -0.4 is 0 Å². The van der Waals surface area contributed by atoms with Gasteiger partial charge in [-0.05, 0) is 25.1 Å². The summed E-state index contributed by atoms with van der Waals surface area (Å²) in [5.41, 5.74) is 0. The van der Waals surface area contributed by atoms with Crippen LogP contribution in [0.2, 0.25) is 0 Å². The van der Waals surface area contributed by atoms with Crippen LogP contribution in [0, 0.1) is 0 Å². The molecule has 0 aromatic heterocycles. The molecular formula is C8H14ClNO2. The molecule has 0 radical (unpaired) electrons. The summed E-state index contributed by atoms with van der Waals surface area (Å²) in [7, 11) is 1.77. The molecular weight excluding hydrogens is 178 g/mol. The molecule has 0 saturated heterocycles. The maximum Gasteiger partial charge on any atom is 0.330 e. The highest BCUT2D eigenvalue weighted by Gasteiger charge is 2.06. The predicted octanol–water partition coefficient (Wildman–Crippen LogP) is 1.58. The zero-order chi connectivity index (χ0) is 9.56. The Bertz CT molecular complexity index is 159. The van der Waals surface area contributed by atoms with Crippen LogP contribution >= 0.6 is 11.8 Å².